The summed E-state index contributed by atoms with van der Waals surface area (Å²) in [4.78, 5) is 10.7. The summed E-state index contributed by atoms with van der Waals surface area (Å²) in [6.07, 6.45) is 3.14. The van der Waals surface area contributed by atoms with Gasteiger partial charge in [0, 0.05) is 6.54 Å². The lowest BCUT2D eigenvalue weighted by Gasteiger charge is -2.05. The molecule has 0 spiro atoms. The Kier molecular flexibility index (Phi) is 4.37. The van der Waals surface area contributed by atoms with Crippen LogP contribution in [0.15, 0.2) is 24.3 Å². The Morgan fingerprint density at radius 1 is 1.33 bits per heavy atom. The molecule has 2 unspecified atom stereocenters. The van der Waals surface area contributed by atoms with Crippen LogP contribution in [0, 0.1) is 11.8 Å². The van der Waals surface area contributed by atoms with Gasteiger partial charge in [-0.15, -0.1) is 0 Å². The summed E-state index contributed by atoms with van der Waals surface area (Å²) in [5.74, 6) is -0.419. The number of aryl methyl sites for hydroxylation is 1. The topological polar surface area (TPSA) is 49.3 Å². The zero-order chi connectivity index (χ0) is 13.0. The van der Waals surface area contributed by atoms with Gasteiger partial charge in [0.15, 0.2) is 0 Å². The van der Waals surface area contributed by atoms with Gasteiger partial charge < -0.3 is 10.4 Å². The molecular formula is C15H21NO2. The van der Waals surface area contributed by atoms with E-state index in [4.69, 9.17) is 5.11 Å². The largest absolute Gasteiger partial charge is 0.481 e. The van der Waals surface area contributed by atoms with Gasteiger partial charge >= 0.3 is 5.97 Å². The number of carboxylic acid groups (broad SMARTS) is 1. The van der Waals surface area contributed by atoms with Crippen LogP contribution in [0.25, 0.3) is 0 Å². The van der Waals surface area contributed by atoms with Gasteiger partial charge in [-0.1, -0.05) is 37.6 Å². The minimum atomic E-state index is -0.647. The van der Waals surface area contributed by atoms with E-state index in [9.17, 15) is 4.79 Å². The van der Waals surface area contributed by atoms with Crippen LogP contribution in [0.5, 0.6) is 0 Å². The summed E-state index contributed by atoms with van der Waals surface area (Å²) in [6.45, 7) is 3.83. The number of carboxylic acids is 1. The van der Waals surface area contributed by atoms with Crippen LogP contribution in [0.4, 0.5) is 0 Å². The predicted octanol–water partition coefficient (Wildman–Crippen LogP) is 2.45. The zero-order valence-corrected chi connectivity index (χ0v) is 10.9. The van der Waals surface area contributed by atoms with Crippen molar-refractivity contribution in [3.63, 3.8) is 0 Å². The second kappa shape index (κ2) is 6.01. The summed E-state index contributed by atoms with van der Waals surface area (Å²) < 4.78 is 0. The Labute approximate surface area is 108 Å². The highest BCUT2D eigenvalue weighted by molar-refractivity contribution is 5.73. The number of rotatable bonds is 7. The molecule has 2 rings (SSSR count). The first-order valence-electron chi connectivity index (χ1n) is 6.72. The molecule has 3 heteroatoms. The smallest absolute Gasteiger partial charge is 0.306 e. The zero-order valence-electron chi connectivity index (χ0n) is 10.9. The van der Waals surface area contributed by atoms with Gasteiger partial charge in [0.05, 0.1) is 5.92 Å². The third kappa shape index (κ3) is 3.57. The van der Waals surface area contributed by atoms with Crippen LogP contribution in [0.3, 0.4) is 0 Å². The molecule has 1 aliphatic rings. The van der Waals surface area contributed by atoms with E-state index in [-0.39, 0.29) is 5.92 Å². The first-order valence-corrected chi connectivity index (χ1v) is 6.72. The minimum absolute atomic E-state index is 0.107. The third-order valence-corrected chi connectivity index (χ3v) is 3.54. The monoisotopic (exact) mass is 247 g/mol. The van der Waals surface area contributed by atoms with E-state index in [0.717, 1.165) is 25.9 Å². The van der Waals surface area contributed by atoms with Crippen molar-refractivity contribution in [1.82, 2.24) is 5.32 Å². The molecule has 18 heavy (non-hydrogen) atoms. The fraction of sp³-hybridized carbons (Fsp3) is 0.533. The van der Waals surface area contributed by atoms with E-state index < -0.39 is 5.97 Å². The van der Waals surface area contributed by atoms with E-state index in [0.29, 0.717) is 5.92 Å². The second-order valence-electron chi connectivity index (χ2n) is 5.14. The third-order valence-electron chi connectivity index (χ3n) is 3.54. The molecule has 0 saturated heterocycles. The average molecular weight is 247 g/mol. The summed E-state index contributed by atoms with van der Waals surface area (Å²) in [5, 5.41) is 12.1. The van der Waals surface area contributed by atoms with Gasteiger partial charge in [0.2, 0.25) is 0 Å². The summed E-state index contributed by atoms with van der Waals surface area (Å²) >= 11 is 0. The van der Waals surface area contributed by atoms with E-state index in [1.54, 1.807) is 0 Å². The van der Waals surface area contributed by atoms with E-state index in [1.165, 1.54) is 17.5 Å². The number of aliphatic carboxylic acids is 1. The highest BCUT2D eigenvalue weighted by Gasteiger charge is 2.42. The molecule has 1 aliphatic carbocycles. The van der Waals surface area contributed by atoms with Crippen LogP contribution in [-0.2, 0) is 17.8 Å². The van der Waals surface area contributed by atoms with Crippen LogP contribution in [0.2, 0.25) is 0 Å². The van der Waals surface area contributed by atoms with Crippen molar-refractivity contribution in [3.8, 4) is 0 Å². The maximum atomic E-state index is 10.7. The normalized spacial score (nSPS) is 21.8. The van der Waals surface area contributed by atoms with Gasteiger partial charge in [-0.25, -0.2) is 0 Å². The second-order valence-corrected chi connectivity index (χ2v) is 5.14. The summed E-state index contributed by atoms with van der Waals surface area (Å²) in [6, 6.07) is 8.66. The Hall–Kier alpha value is -1.35. The first kappa shape index (κ1) is 13.1. The first-order chi connectivity index (χ1) is 8.70. The SMILES string of the molecule is CCCc1ccc(CNCC2CC2C(=O)O)cc1. The molecule has 98 valence electrons. The van der Waals surface area contributed by atoms with Gasteiger partial charge in [-0.2, -0.15) is 0 Å². The molecule has 2 atom stereocenters. The lowest BCUT2D eigenvalue weighted by atomic mass is 10.1. The maximum Gasteiger partial charge on any atom is 0.306 e. The van der Waals surface area contributed by atoms with Gasteiger partial charge in [0.25, 0.3) is 0 Å². The average Bonchev–Trinajstić information content (AvgIpc) is 3.11. The molecule has 1 aromatic carbocycles. The Morgan fingerprint density at radius 3 is 2.56 bits per heavy atom. The predicted molar refractivity (Wildman–Crippen MR) is 71.4 cm³/mol. The minimum Gasteiger partial charge on any atom is -0.481 e. The molecule has 3 nitrogen and oxygen atoms in total. The van der Waals surface area contributed by atoms with Gasteiger partial charge in [0.1, 0.15) is 0 Å². The number of carbonyl (C=O) groups is 1. The number of hydrogen-bond donors (Lipinski definition) is 2. The van der Waals surface area contributed by atoms with E-state index in [1.807, 2.05) is 0 Å². The van der Waals surface area contributed by atoms with Gasteiger partial charge in [-0.05, 0) is 36.4 Å². The molecular weight excluding hydrogens is 226 g/mol. The standard InChI is InChI=1S/C15H21NO2/c1-2-3-11-4-6-12(7-5-11)9-16-10-13-8-14(13)15(17)18/h4-7,13-14,16H,2-3,8-10H2,1H3,(H,17,18). The summed E-state index contributed by atoms with van der Waals surface area (Å²) in [5.41, 5.74) is 2.65. The van der Waals surface area contributed by atoms with Crippen LogP contribution < -0.4 is 5.32 Å². The fourth-order valence-corrected chi connectivity index (χ4v) is 2.29. The molecule has 1 fully saturated rings. The lowest BCUT2D eigenvalue weighted by Crippen LogP contribution is -2.18. The number of benzene rings is 1. The van der Waals surface area contributed by atoms with Crippen LogP contribution >= 0.6 is 0 Å². The molecule has 1 aromatic rings. The van der Waals surface area contributed by atoms with Crippen molar-refractivity contribution in [2.24, 2.45) is 11.8 Å². The van der Waals surface area contributed by atoms with E-state index >= 15 is 0 Å². The lowest BCUT2D eigenvalue weighted by molar-refractivity contribution is -0.138. The van der Waals surface area contributed by atoms with Crippen molar-refractivity contribution in [2.75, 3.05) is 6.54 Å². The van der Waals surface area contributed by atoms with Gasteiger partial charge in [-0.3, -0.25) is 4.79 Å². The van der Waals surface area contributed by atoms with Crippen molar-refractivity contribution in [1.29, 1.82) is 0 Å². The van der Waals surface area contributed by atoms with Crippen molar-refractivity contribution in [2.45, 2.75) is 32.7 Å². The Bertz CT molecular complexity index is 399. The molecule has 0 aliphatic heterocycles. The highest BCUT2D eigenvalue weighted by Crippen LogP contribution is 2.37. The van der Waals surface area contributed by atoms with Crippen molar-refractivity contribution >= 4 is 5.97 Å². The Balaban J connectivity index is 1.69. The quantitative estimate of drug-likeness (QED) is 0.778. The molecule has 0 bridgehead atoms. The number of hydrogen-bond acceptors (Lipinski definition) is 2. The molecule has 2 N–H and O–H groups in total. The molecule has 0 amide bonds. The molecule has 0 heterocycles. The van der Waals surface area contributed by atoms with E-state index in [2.05, 4.69) is 36.5 Å². The highest BCUT2D eigenvalue weighted by atomic mass is 16.4. The molecule has 0 radical (unpaired) electrons. The summed E-state index contributed by atoms with van der Waals surface area (Å²) in [7, 11) is 0. The molecule has 0 aromatic heterocycles. The molecule has 1 saturated carbocycles. The Morgan fingerprint density at radius 2 is 2.00 bits per heavy atom. The van der Waals surface area contributed by atoms with Crippen LogP contribution in [0.1, 0.15) is 30.9 Å². The van der Waals surface area contributed by atoms with Crippen LogP contribution in [-0.4, -0.2) is 17.6 Å². The van der Waals surface area contributed by atoms with Crippen molar-refractivity contribution < 1.29 is 9.90 Å². The fourth-order valence-electron chi connectivity index (χ4n) is 2.29. The number of nitrogens with one attached hydrogen (secondary N) is 1. The maximum absolute atomic E-state index is 10.7. The van der Waals surface area contributed by atoms with Crippen molar-refractivity contribution in [3.05, 3.63) is 35.4 Å².